The van der Waals surface area contributed by atoms with Crippen LogP contribution in [0.25, 0.3) is 0 Å². The van der Waals surface area contributed by atoms with Gasteiger partial charge in [0.2, 0.25) is 0 Å². The molecule has 2 atom stereocenters. The number of unbranched alkanes of at least 4 members (excludes halogenated alkanes) is 5. The molecule has 0 aromatic rings. The van der Waals surface area contributed by atoms with Crippen molar-refractivity contribution in [3.05, 3.63) is 6.92 Å². The Morgan fingerprint density at radius 1 is 0.800 bits per heavy atom. The summed E-state index contributed by atoms with van der Waals surface area (Å²) in [5, 5.41) is 0. The van der Waals surface area contributed by atoms with Gasteiger partial charge in [0.25, 0.3) is 0 Å². The molecular formula is C15H31. The maximum atomic E-state index is 3.94. The lowest BCUT2D eigenvalue weighted by Crippen LogP contribution is -2.07. The molecule has 0 aliphatic heterocycles. The van der Waals surface area contributed by atoms with Gasteiger partial charge in [-0.3, -0.25) is 0 Å². The Morgan fingerprint density at radius 3 is 1.93 bits per heavy atom. The van der Waals surface area contributed by atoms with Gasteiger partial charge < -0.3 is 0 Å². The summed E-state index contributed by atoms with van der Waals surface area (Å²) in [6, 6.07) is 0. The summed E-state index contributed by atoms with van der Waals surface area (Å²) in [4.78, 5) is 0. The lowest BCUT2D eigenvalue weighted by atomic mass is 9.87. The van der Waals surface area contributed by atoms with E-state index in [0.717, 1.165) is 18.3 Å². The van der Waals surface area contributed by atoms with E-state index < -0.39 is 0 Å². The first-order valence-corrected chi connectivity index (χ1v) is 7.01. The van der Waals surface area contributed by atoms with Crippen molar-refractivity contribution in [1.29, 1.82) is 0 Å². The van der Waals surface area contributed by atoms with Gasteiger partial charge in [0.15, 0.2) is 0 Å². The highest BCUT2D eigenvalue weighted by Crippen LogP contribution is 2.22. The average molecular weight is 211 g/mol. The second kappa shape index (κ2) is 10.5. The molecule has 0 saturated heterocycles. The van der Waals surface area contributed by atoms with Crippen LogP contribution >= 0.6 is 0 Å². The maximum Gasteiger partial charge on any atom is -0.0417 e. The van der Waals surface area contributed by atoms with Gasteiger partial charge >= 0.3 is 0 Å². The van der Waals surface area contributed by atoms with Gasteiger partial charge in [0.1, 0.15) is 0 Å². The van der Waals surface area contributed by atoms with Crippen molar-refractivity contribution in [2.24, 2.45) is 11.8 Å². The quantitative estimate of drug-likeness (QED) is 0.411. The van der Waals surface area contributed by atoms with E-state index in [4.69, 9.17) is 0 Å². The van der Waals surface area contributed by atoms with E-state index in [1.165, 1.54) is 51.4 Å². The number of hydrogen-bond acceptors (Lipinski definition) is 0. The van der Waals surface area contributed by atoms with Gasteiger partial charge in [-0.1, -0.05) is 85.5 Å². The molecule has 0 bridgehead atoms. The number of rotatable bonds is 10. The Morgan fingerprint density at radius 2 is 1.33 bits per heavy atom. The van der Waals surface area contributed by atoms with Crippen LogP contribution in [-0.2, 0) is 0 Å². The van der Waals surface area contributed by atoms with Gasteiger partial charge in [0.05, 0.1) is 0 Å². The van der Waals surface area contributed by atoms with Crippen LogP contribution in [0.3, 0.4) is 0 Å². The molecule has 0 heterocycles. The van der Waals surface area contributed by atoms with Crippen LogP contribution in [0.4, 0.5) is 0 Å². The molecule has 0 rings (SSSR count). The van der Waals surface area contributed by atoms with Crippen LogP contribution in [0.2, 0.25) is 0 Å². The topological polar surface area (TPSA) is 0 Å². The Kier molecular flexibility index (Phi) is 10.5. The highest BCUT2D eigenvalue weighted by molar-refractivity contribution is 4.63. The molecule has 0 fully saturated rings. The molecule has 0 saturated carbocycles. The lowest BCUT2D eigenvalue weighted by Gasteiger charge is -2.18. The van der Waals surface area contributed by atoms with E-state index in [-0.39, 0.29) is 0 Å². The van der Waals surface area contributed by atoms with Gasteiger partial charge in [0, 0.05) is 0 Å². The minimum atomic E-state index is 0.873. The number of hydrogen-bond donors (Lipinski definition) is 0. The van der Waals surface area contributed by atoms with Crippen LogP contribution in [-0.4, -0.2) is 0 Å². The molecule has 0 heteroatoms. The average Bonchev–Trinajstić information content (AvgIpc) is 2.23. The fourth-order valence-corrected chi connectivity index (χ4v) is 2.14. The van der Waals surface area contributed by atoms with Crippen molar-refractivity contribution in [3.8, 4) is 0 Å². The molecule has 2 unspecified atom stereocenters. The van der Waals surface area contributed by atoms with E-state index in [1.807, 2.05) is 0 Å². The highest BCUT2D eigenvalue weighted by atomic mass is 14.2. The summed E-state index contributed by atoms with van der Waals surface area (Å²) >= 11 is 0. The van der Waals surface area contributed by atoms with Crippen LogP contribution in [0.15, 0.2) is 0 Å². The molecule has 1 radical (unpaired) electrons. The lowest BCUT2D eigenvalue weighted by molar-refractivity contribution is 0.334. The van der Waals surface area contributed by atoms with E-state index in [9.17, 15) is 0 Å². The van der Waals surface area contributed by atoms with Gasteiger partial charge in [-0.05, 0) is 11.8 Å². The normalized spacial score (nSPS) is 15.2. The zero-order chi connectivity index (χ0) is 11.5. The third-order valence-corrected chi connectivity index (χ3v) is 3.64. The van der Waals surface area contributed by atoms with Crippen molar-refractivity contribution in [2.75, 3.05) is 0 Å². The third kappa shape index (κ3) is 8.96. The first-order valence-electron chi connectivity index (χ1n) is 7.01. The smallest absolute Gasteiger partial charge is 0.0417 e. The van der Waals surface area contributed by atoms with Crippen LogP contribution < -0.4 is 0 Å². The first-order chi connectivity index (χ1) is 7.22. The molecule has 0 aromatic heterocycles. The minimum Gasteiger partial charge on any atom is -0.0654 e. The molecular weight excluding hydrogens is 180 g/mol. The zero-order valence-electron chi connectivity index (χ0n) is 11.2. The summed E-state index contributed by atoms with van der Waals surface area (Å²) < 4.78 is 0. The predicted molar refractivity (Wildman–Crippen MR) is 70.9 cm³/mol. The summed E-state index contributed by atoms with van der Waals surface area (Å²) in [5.74, 6) is 1.77. The zero-order valence-corrected chi connectivity index (χ0v) is 11.2. The minimum absolute atomic E-state index is 0.873. The molecule has 0 aliphatic carbocycles. The summed E-state index contributed by atoms with van der Waals surface area (Å²) in [6.07, 6.45) is 12.4. The van der Waals surface area contributed by atoms with Crippen molar-refractivity contribution >= 4 is 0 Å². The summed E-state index contributed by atoms with van der Waals surface area (Å²) in [7, 11) is 0. The molecule has 0 amide bonds. The fourth-order valence-electron chi connectivity index (χ4n) is 2.14. The van der Waals surface area contributed by atoms with Crippen LogP contribution in [0, 0.1) is 18.8 Å². The standard InChI is InChI=1S/C15H31/c1-5-7-8-9-10-11-13-15(4)14(3)12-6-2/h14-15H,2,5-13H2,1,3-4H3. The van der Waals surface area contributed by atoms with E-state index >= 15 is 0 Å². The van der Waals surface area contributed by atoms with Crippen molar-refractivity contribution in [1.82, 2.24) is 0 Å². The van der Waals surface area contributed by atoms with Gasteiger partial charge in [-0.2, -0.15) is 0 Å². The summed E-state index contributed by atoms with van der Waals surface area (Å²) in [6.45, 7) is 11.0. The van der Waals surface area contributed by atoms with Crippen molar-refractivity contribution < 1.29 is 0 Å². The third-order valence-electron chi connectivity index (χ3n) is 3.64. The molecule has 0 aliphatic rings. The molecule has 0 spiro atoms. The maximum absolute atomic E-state index is 3.94. The monoisotopic (exact) mass is 211 g/mol. The van der Waals surface area contributed by atoms with Gasteiger partial charge in [-0.25, -0.2) is 0 Å². The first kappa shape index (κ1) is 15.0. The Balaban J connectivity index is 3.26. The van der Waals surface area contributed by atoms with Crippen LogP contribution in [0.1, 0.15) is 78.6 Å². The molecule has 0 N–H and O–H groups in total. The SMILES string of the molecule is [CH2]CCC(C)C(C)CCCCCCCC. The highest BCUT2D eigenvalue weighted by Gasteiger charge is 2.10. The molecule has 0 aromatic carbocycles. The molecule has 91 valence electrons. The second-order valence-corrected chi connectivity index (χ2v) is 5.15. The second-order valence-electron chi connectivity index (χ2n) is 5.15. The van der Waals surface area contributed by atoms with Crippen molar-refractivity contribution in [3.63, 3.8) is 0 Å². The van der Waals surface area contributed by atoms with Crippen molar-refractivity contribution in [2.45, 2.75) is 78.6 Å². The molecule has 15 heavy (non-hydrogen) atoms. The Labute approximate surface area is 97.8 Å². The van der Waals surface area contributed by atoms with E-state index in [0.29, 0.717) is 0 Å². The van der Waals surface area contributed by atoms with E-state index in [2.05, 4.69) is 27.7 Å². The Bertz CT molecular complexity index is 117. The predicted octanol–water partition coefficient (Wildman–Crippen LogP) is 5.62. The van der Waals surface area contributed by atoms with E-state index in [1.54, 1.807) is 0 Å². The molecule has 0 nitrogen and oxygen atoms in total. The fraction of sp³-hybridized carbons (Fsp3) is 0.933. The summed E-state index contributed by atoms with van der Waals surface area (Å²) in [5.41, 5.74) is 0. The Hall–Kier alpha value is 0. The van der Waals surface area contributed by atoms with Gasteiger partial charge in [-0.15, -0.1) is 0 Å². The largest absolute Gasteiger partial charge is 0.0654 e. The van der Waals surface area contributed by atoms with Crippen LogP contribution in [0.5, 0.6) is 0 Å².